The first-order valence-corrected chi connectivity index (χ1v) is 5.93. The minimum atomic E-state index is -0.279. The van der Waals surface area contributed by atoms with Crippen LogP contribution in [0.4, 0.5) is 5.88 Å². The molecule has 0 bridgehead atoms. The van der Waals surface area contributed by atoms with Crippen molar-refractivity contribution in [3.05, 3.63) is 45.0 Å². The van der Waals surface area contributed by atoms with E-state index >= 15 is 0 Å². The van der Waals surface area contributed by atoms with Crippen molar-refractivity contribution in [2.24, 2.45) is 0 Å². The zero-order valence-electron chi connectivity index (χ0n) is 8.83. The van der Waals surface area contributed by atoms with Crippen molar-refractivity contribution < 1.29 is 9.32 Å². The topological polar surface area (TPSA) is 55.1 Å². The van der Waals surface area contributed by atoms with Crippen molar-refractivity contribution in [3.8, 4) is 0 Å². The molecule has 1 N–H and O–H groups in total. The molecule has 0 atom stereocenters. The fraction of sp³-hybridized carbons (Fsp3) is 0.0909. The number of rotatable bonds is 2. The molecule has 0 aliphatic carbocycles. The Balaban J connectivity index is 2.17. The fourth-order valence-electron chi connectivity index (χ4n) is 1.24. The van der Waals surface area contributed by atoms with Crippen molar-refractivity contribution in [1.29, 1.82) is 0 Å². The molecule has 1 aromatic carbocycles. The second kappa shape index (κ2) is 4.89. The predicted molar refractivity (Wildman–Crippen MR) is 68.3 cm³/mol. The van der Waals surface area contributed by atoms with Gasteiger partial charge in [-0.25, -0.2) is 0 Å². The van der Waals surface area contributed by atoms with Crippen LogP contribution in [0.3, 0.4) is 0 Å². The van der Waals surface area contributed by atoms with E-state index in [2.05, 4.69) is 26.4 Å². The molecule has 0 fully saturated rings. The van der Waals surface area contributed by atoms with Gasteiger partial charge < -0.3 is 4.52 Å². The van der Waals surface area contributed by atoms with Gasteiger partial charge >= 0.3 is 0 Å². The van der Waals surface area contributed by atoms with Crippen LogP contribution in [0.15, 0.2) is 33.3 Å². The number of carbonyl (C=O) groups excluding carboxylic acids is 1. The zero-order valence-corrected chi connectivity index (χ0v) is 11.2. The lowest BCUT2D eigenvalue weighted by Gasteiger charge is -2.02. The standard InChI is InChI=1S/C11H8BrClN2O2/c1-6-4-10(17-15-6)14-11(16)7-2-3-9(13)8(12)5-7/h2-5H,1H3,(H,14,16). The van der Waals surface area contributed by atoms with Gasteiger partial charge in [0.05, 0.1) is 10.7 Å². The van der Waals surface area contributed by atoms with Crippen LogP contribution in [0.25, 0.3) is 0 Å². The highest BCUT2D eigenvalue weighted by Gasteiger charge is 2.10. The monoisotopic (exact) mass is 314 g/mol. The summed E-state index contributed by atoms with van der Waals surface area (Å²) in [6.45, 7) is 1.78. The molecule has 0 radical (unpaired) electrons. The molecule has 6 heteroatoms. The SMILES string of the molecule is Cc1cc(NC(=O)c2ccc(Cl)c(Br)c2)on1. The maximum atomic E-state index is 11.8. The van der Waals surface area contributed by atoms with Crippen molar-refractivity contribution in [2.45, 2.75) is 6.92 Å². The van der Waals surface area contributed by atoms with E-state index in [1.165, 1.54) is 0 Å². The van der Waals surface area contributed by atoms with E-state index in [1.54, 1.807) is 31.2 Å². The van der Waals surface area contributed by atoms with Crippen molar-refractivity contribution in [2.75, 3.05) is 5.32 Å². The largest absolute Gasteiger partial charge is 0.338 e. The molecule has 0 saturated heterocycles. The Kier molecular flexibility index (Phi) is 3.49. The summed E-state index contributed by atoms with van der Waals surface area (Å²) in [6, 6.07) is 6.56. The van der Waals surface area contributed by atoms with Gasteiger partial charge in [0.2, 0.25) is 5.88 Å². The van der Waals surface area contributed by atoms with E-state index in [9.17, 15) is 4.79 Å². The molecule has 0 unspecified atom stereocenters. The highest BCUT2D eigenvalue weighted by Crippen LogP contribution is 2.23. The number of carbonyl (C=O) groups is 1. The minimum absolute atomic E-state index is 0.279. The molecule has 0 saturated carbocycles. The van der Waals surface area contributed by atoms with E-state index in [0.29, 0.717) is 26.6 Å². The molecule has 17 heavy (non-hydrogen) atoms. The van der Waals surface area contributed by atoms with Gasteiger partial charge in [0.1, 0.15) is 0 Å². The third-order valence-electron chi connectivity index (χ3n) is 2.05. The van der Waals surface area contributed by atoms with Gasteiger partial charge in [0.25, 0.3) is 5.91 Å². The van der Waals surface area contributed by atoms with Gasteiger partial charge in [0, 0.05) is 16.1 Å². The number of aromatic nitrogens is 1. The Morgan fingerprint density at radius 3 is 2.82 bits per heavy atom. The zero-order chi connectivity index (χ0) is 12.4. The third kappa shape index (κ3) is 2.87. The summed E-state index contributed by atoms with van der Waals surface area (Å²) in [5, 5.41) is 6.82. The van der Waals surface area contributed by atoms with Crippen LogP contribution in [0.2, 0.25) is 5.02 Å². The molecule has 4 nitrogen and oxygen atoms in total. The van der Waals surface area contributed by atoms with Gasteiger partial charge in [-0.2, -0.15) is 0 Å². The molecule has 88 valence electrons. The summed E-state index contributed by atoms with van der Waals surface area (Å²) in [5.74, 6) is 0.0390. The van der Waals surface area contributed by atoms with Crippen LogP contribution < -0.4 is 5.32 Å². The van der Waals surface area contributed by atoms with Crippen LogP contribution in [-0.2, 0) is 0 Å². The lowest BCUT2D eigenvalue weighted by atomic mass is 10.2. The maximum Gasteiger partial charge on any atom is 0.258 e. The van der Waals surface area contributed by atoms with Crippen LogP contribution in [0, 0.1) is 6.92 Å². The molecule has 2 aromatic rings. The Morgan fingerprint density at radius 2 is 2.24 bits per heavy atom. The number of hydrogen-bond donors (Lipinski definition) is 1. The van der Waals surface area contributed by atoms with Gasteiger partial charge in [-0.15, -0.1) is 0 Å². The van der Waals surface area contributed by atoms with Crippen LogP contribution in [-0.4, -0.2) is 11.1 Å². The number of benzene rings is 1. The number of nitrogens with zero attached hydrogens (tertiary/aromatic N) is 1. The number of halogens is 2. The van der Waals surface area contributed by atoms with E-state index < -0.39 is 0 Å². The third-order valence-corrected chi connectivity index (χ3v) is 3.26. The summed E-state index contributed by atoms with van der Waals surface area (Å²) >= 11 is 9.10. The second-order valence-electron chi connectivity index (χ2n) is 3.42. The Bertz CT molecular complexity index is 568. The summed E-state index contributed by atoms with van der Waals surface area (Å²) < 4.78 is 5.56. The van der Waals surface area contributed by atoms with E-state index in [0.717, 1.165) is 0 Å². The minimum Gasteiger partial charge on any atom is -0.338 e. The maximum absolute atomic E-state index is 11.8. The van der Waals surface area contributed by atoms with E-state index in [-0.39, 0.29) is 5.91 Å². The number of anilines is 1. The van der Waals surface area contributed by atoms with Gasteiger partial charge in [-0.05, 0) is 41.1 Å². The van der Waals surface area contributed by atoms with E-state index in [4.69, 9.17) is 16.1 Å². The number of hydrogen-bond acceptors (Lipinski definition) is 3. The predicted octanol–water partition coefficient (Wildman–Crippen LogP) is 3.65. The summed E-state index contributed by atoms with van der Waals surface area (Å²) in [7, 11) is 0. The van der Waals surface area contributed by atoms with Crippen molar-refractivity contribution in [3.63, 3.8) is 0 Å². The fourth-order valence-corrected chi connectivity index (χ4v) is 1.74. The first-order chi connectivity index (χ1) is 8.06. The van der Waals surface area contributed by atoms with Crippen molar-refractivity contribution >= 4 is 39.3 Å². The molecular formula is C11H8BrClN2O2. The summed E-state index contributed by atoms with van der Waals surface area (Å²) in [4.78, 5) is 11.8. The molecule has 0 aliphatic heterocycles. The highest BCUT2D eigenvalue weighted by molar-refractivity contribution is 9.10. The molecule has 0 aliphatic rings. The molecular weight excluding hydrogens is 307 g/mol. The first-order valence-electron chi connectivity index (χ1n) is 4.76. The number of amides is 1. The lowest BCUT2D eigenvalue weighted by Crippen LogP contribution is -2.11. The lowest BCUT2D eigenvalue weighted by molar-refractivity contribution is 0.102. The quantitative estimate of drug-likeness (QED) is 0.920. The first kappa shape index (κ1) is 12.1. The molecule has 1 aromatic heterocycles. The van der Waals surface area contributed by atoms with E-state index in [1.807, 2.05) is 0 Å². The van der Waals surface area contributed by atoms with Crippen LogP contribution >= 0.6 is 27.5 Å². The Hall–Kier alpha value is -1.33. The Labute approximate surface area is 111 Å². The van der Waals surface area contributed by atoms with Gasteiger partial charge in [-0.3, -0.25) is 10.1 Å². The highest BCUT2D eigenvalue weighted by atomic mass is 79.9. The molecule has 2 rings (SSSR count). The summed E-state index contributed by atoms with van der Waals surface area (Å²) in [5.41, 5.74) is 1.19. The smallest absolute Gasteiger partial charge is 0.258 e. The normalized spacial score (nSPS) is 10.3. The number of aryl methyl sites for hydroxylation is 1. The Morgan fingerprint density at radius 1 is 1.47 bits per heavy atom. The average molecular weight is 316 g/mol. The molecule has 1 amide bonds. The summed E-state index contributed by atoms with van der Waals surface area (Å²) in [6.07, 6.45) is 0. The van der Waals surface area contributed by atoms with Gasteiger partial charge in [-0.1, -0.05) is 16.8 Å². The molecule has 0 spiro atoms. The van der Waals surface area contributed by atoms with Crippen LogP contribution in [0.5, 0.6) is 0 Å². The van der Waals surface area contributed by atoms with Crippen molar-refractivity contribution in [1.82, 2.24) is 5.16 Å². The molecule has 1 heterocycles. The number of nitrogens with one attached hydrogen (secondary N) is 1. The average Bonchev–Trinajstić information content (AvgIpc) is 2.68. The van der Waals surface area contributed by atoms with Gasteiger partial charge in [0.15, 0.2) is 0 Å². The van der Waals surface area contributed by atoms with Crippen LogP contribution in [0.1, 0.15) is 16.1 Å². The second-order valence-corrected chi connectivity index (χ2v) is 4.68.